The zero-order chi connectivity index (χ0) is 24.7. The summed E-state index contributed by atoms with van der Waals surface area (Å²) in [5.41, 5.74) is 3.75. The lowest BCUT2D eigenvalue weighted by atomic mass is 9.77. The first-order valence-corrected chi connectivity index (χ1v) is 13.7. The van der Waals surface area contributed by atoms with Gasteiger partial charge in [0.05, 0.1) is 5.56 Å². The molecule has 0 fully saturated rings. The molecule has 7 heteroatoms. The molecule has 2 aliphatic rings. The summed E-state index contributed by atoms with van der Waals surface area (Å²) in [4.78, 5) is 25.4. The second-order valence-electron chi connectivity index (χ2n) is 8.56. The fourth-order valence-electron chi connectivity index (χ4n) is 4.66. The van der Waals surface area contributed by atoms with Crippen LogP contribution in [0.15, 0.2) is 91.0 Å². The molecule has 1 unspecified atom stereocenters. The summed E-state index contributed by atoms with van der Waals surface area (Å²) in [5.74, 6) is 1.74. The van der Waals surface area contributed by atoms with Crippen LogP contribution in [0.4, 0.5) is 4.79 Å². The Morgan fingerprint density at radius 2 is 1.58 bits per heavy atom. The van der Waals surface area contributed by atoms with Gasteiger partial charge in [-0.15, -0.1) is 0 Å². The number of fused-ring (bicyclic) bond motifs is 6. The molecule has 5 nitrogen and oxygen atoms in total. The number of benzene rings is 4. The summed E-state index contributed by atoms with van der Waals surface area (Å²) in [6, 6.07) is 28.4. The number of esters is 1. The van der Waals surface area contributed by atoms with Gasteiger partial charge in [-0.2, -0.15) is 0 Å². The molecule has 0 saturated carbocycles. The lowest BCUT2D eigenvalue weighted by molar-refractivity contribution is 0.0224. The third kappa shape index (κ3) is 3.85. The van der Waals surface area contributed by atoms with Crippen LogP contribution in [0.5, 0.6) is 17.2 Å². The van der Waals surface area contributed by atoms with Gasteiger partial charge < -0.3 is 14.2 Å². The first-order chi connectivity index (χ1) is 17.5. The maximum Gasteiger partial charge on any atom is 0.383 e. The van der Waals surface area contributed by atoms with E-state index >= 15 is 0 Å². The quantitative estimate of drug-likeness (QED) is 0.206. The normalized spacial score (nSPS) is 17.0. The van der Waals surface area contributed by atoms with Crippen LogP contribution in [0.25, 0.3) is 0 Å². The van der Waals surface area contributed by atoms with Crippen LogP contribution in [0.2, 0.25) is 0 Å². The maximum absolute atomic E-state index is 12.9. The van der Waals surface area contributed by atoms with E-state index in [-0.39, 0.29) is 5.97 Å². The van der Waals surface area contributed by atoms with Gasteiger partial charge in [0.25, 0.3) is 0 Å². The number of hydrogen-bond donors (Lipinski definition) is 0. The first-order valence-electron chi connectivity index (χ1n) is 11.4. The van der Waals surface area contributed by atoms with Gasteiger partial charge in [-0.3, -0.25) is 0 Å². The highest BCUT2D eigenvalue weighted by atomic mass is 33.1. The molecule has 0 N–H and O–H groups in total. The Balaban J connectivity index is 1.31. The van der Waals surface area contributed by atoms with E-state index in [0.29, 0.717) is 34.1 Å². The van der Waals surface area contributed by atoms with E-state index in [0.717, 1.165) is 33.0 Å². The van der Waals surface area contributed by atoms with E-state index in [1.54, 1.807) is 24.3 Å². The molecule has 0 saturated heterocycles. The van der Waals surface area contributed by atoms with Crippen molar-refractivity contribution in [2.45, 2.75) is 18.3 Å². The van der Waals surface area contributed by atoms with Gasteiger partial charge >= 0.3 is 11.3 Å². The number of aryl methyl sites for hydroxylation is 1. The number of carbonyl (C=O) groups excluding carboxylic acids is 2. The van der Waals surface area contributed by atoms with Gasteiger partial charge in [0.2, 0.25) is 0 Å². The largest absolute Gasteiger partial charge is 0.456 e. The predicted molar refractivity (Wildman–Crippen MR) is 141 cm³/mol. The molecule has 0 aromatic heterocycles. The smallest absolute Gasteiger partial charge is 0.383 e. The van der Waals surface area contributed by atoms with Crippen LogP contribution in [0.3, 0.4) is 0 Å². The maximum atomic E-state index is 12.9. The average Bonchev–Trinajstić information content (AvgIpc) is 3.17. The SMILES string of the molecule is Cc1ccc2c(c1)Oc1cc(OC(=O)SSCc3ccccc3)ccc1C21OC(=O)c2ccccc21. The Morgan fingerprint density at radius 1 is 0.861 bits per heavy atom. The Labute approximate surface area is 216 Å². The molecule has 178 valence electrons. The lowest BCUT2D eigenvalue weighted by Crippen LogP contribution is -2.33. The minimum atomic E-state index is -1.13. The average molecular weight is 513 g/mol. The van der Waals surface area contributed by atoms with Gasteiger partial charge in [-0.1, -0.05) is 71.5 Å². The highest BCUT2D eigenvalue weighted by molar-refractivity contribution is 8.81. The van der Waals surface area contributed by atoms with Crippen molar-refractivity contribution in [2.75, 3.05) is 0 Å². The highest BCUT2D eigenvalue weighted by Crippen LogP contribution is 2.56. The summed E-state index contributed by atoms with van der Waals surface area (Å²) >= 11 is 0. The van der Waals surface area contributed by atoms with Crippen molar-refractivity contribution >= 4 is 32.9 Å². The number of ether oxygens (including phenoxy) is 3. The van der Waals surface area contributed by atoms with Crippen molar-refractivity contribution in [1.82, 2.24) is 0 Å². The zero-order valence-electron chi connectivity index (χ0n) is 19.2. The van der Waals surface area contributed by atoms with Crippen molar-refractivity contribution in [2.24, 2.45) is 0 Å². The minimum absolute atomic E-state index is 0.357. The summed E-state index contributed by atoms with van der Waals surface area (Å²) in [6.07, 6.45) is 0. The third-order valence-electron chi connectivity index (χ3n) is 6.24. The Hall–Kier alpha value is -3.68. The second kappa shape index (κ2) is 9.08. The number of carbonyl (C=O) groups is 2. The van der Waals surface area contributed by atoms with Gasteiger partial charge in [0.1, 0.15) is 17.2 Å². The van der Waals surface area contributed by atoms with E-state index in [2.05, 4.69) is 0 Å². The third-order valence-corrected chi connectivity index (χ3v) is 8.14. The van der Waals surface area contributed by atoms with Crippen LogP contribution >= 0.6 is 21.6 Å². The Morgan fingerprint density at radius 3 is 2.42 bits per heavy atom. The fourth-order valence-corrected chi connectivity index (χ4v) is 6.25. The predicted octanol–water partition coefficient (Wildman–Crippen LogP) is 7.64. The van der Waals surface area contributed by atoms with Crippen molar-refractivity contribution in [3.63, 3.8) is 0 Å². The summed E-state index contributed by atoms with van der Waals surface area (Å²) < 4.78 is 18.0. The summed E-state index contributed by atoms with van der Waals surface area (Å²) in [5, 5.41) is -0.421. The number of hydrogen-bond acceptors (Lipinski definition) is 7. The highest BCUT2D eigenvalue weighted by Gasteiger charge is 2.53. The molecule has 0 radical (unpaired) electrons. The van der Waals surface area contributed by atoms with Crippen LogP contribution in [0, 0.1) is 6.92 Å². The topological polar surface area (TPSA) is 61.8 Å². The van der Waals surface area contributed by atoms with Crippen molar-refractivity contribution < 1.29 is 23.8 Å². The van der Waals surface area contributed by atoms with E-state index in [4.69, 9.17) is 14.2 Å². The van der Waals surface area contributed by atoms with Crippen LogP contribution in [-0.4, -0.2) is 11.3 Å². The first kappa shape index (κ1) is 22.8. The molecule has 2 aliphatic heterocycles. The molecule has 2 heterocycles. The molecular weight excluding hydrogens is 492 g/mol. The summed E-state index contributed by atoms with van der Waals surface area (Å²) in [7, 11) is 2.47. The molecule has 1 atom stereocenters. The molecular formula is C29H20O5S2. The molecule has 1 spiro atoms. The molecule has 4 aromatic rings. The fraction of sp³-hybridized carbons (Fsp3) is 0.103. The lowest BCUT2D eigenvalue weighted by Gasteiger charge is -2.36. The second-order valence-corrected chi connectivity index (χ2v) is 10.8. The van der Waals surface area contributed by atoms with Crippen LogP contribution in [0.1, 0.15) is 38.2 Å². The molecule has 36 heavy (non-hydrogen) atoms. The summed E-state index contributed by atoms with van der Waals surface area (Å²) in [6.45, 7) is 1.98. The molecule has 4 aromatic carbocycles. The van der Waals surface area contributed by atoms with Gasteiger partial charge in [0, 0.05) is 39.3 Å². The van der Waals surface area contributed by atoms with Gasteiger partial charge in [0.15, 0.2) is 5.60 Å². The standard InChI is InChI=1S/C29H20O5S2/c1-18-11-13-23-25(15-18)33-26-16-20(32-28(31)36-35-17-19-7-3-2-4-8-19)12-14-24(26)29(23)22-10-6-5-9-21(22)27(30)34-29/h2-16H,17H2,1H3. The molecule has 0 aliphatic carbocycles. The van der Waals surface area contributed by atoms with Crippen molar-refractivity contribution in [3.05, 3.63) is 124 Å². The van der Waals surface area contributed by atoms with E-state index in [9.17, 15) is 9.59 Å². The van der Waals surface area contributed by atoms with E-state index in [1.165, 1.54) is 10.8 Å². The van der Waals surface area contributed by atoms with E-state index < -0.39 is 10.9 Å². The molecule has 0 bridgehead atoms. The zero-order valence-corrected chi connectivity index (χ0v) is 20.9. The minimum Gasteiger partial charge on any atom is -0.456 e. The van der Waals surface area contributed by atoms with Crippen molar-refractivity contribution in [3.8, 4) is 17.2 Å². The Kier molecular flexibility index (Phi) is 5.74. The van der Waals surface area contributed by atoms with E-state index in [1.807, 2.05) is 73.7 Å². The molecule has 0 amide bonds. The Bertz CT molecular complexity index is 1500. The van der Waals surface area contributed by atoms with Gasteiger partial charge in [-0.25, -0.2) is 9.59 Å². The number of rotatable bonds is 4. The van der Waals surface area contributed by atoms with Crippen LogP contribution < -0.4 is 9.47 Å². The molecule has 6 rings (SSSR count). The van der Waals surface area contributed by atoms with Gasteiger partial charge in [-0.05, 0) is 42.3 Å². The monoisotopic (exact) mass is 512 g/mol. The van der Waals surface area contributed by atoms with Crippen molar-refractivity contribution in [1.29, 1.82) is 0 Å². The van der Waals surface area contributed by atoms with Crippen LogP contribution in [-0.2, 0) is 16.1 Å².